The van der Waals surface area contributed by atoms with Crippen LogP contribution in [0.1, 0.15) is 79.6 Å². The summed E-state index contributed by atoms with van der Waals surface area (Å²) in [5.74, 6) is -2.13. The van der Waals surface area contributed by atoms with Crippen LogP contribution in [0.15, 0.2) is 29.8 Å². The van der Waals surface area contributed by atoms with Gasteiger partial charge in [0.15, 0.2) is 0 Å². The first-order chi connectivity index (χ1) is 21.1. The number of carbonyl (C=O) groups is 2. The normalized spacial score (nSPS) is 18.8. The summed E-state index contributed by atoms with van der Waals surface area (Å²) in [5, 5.41) is 10.3. The number of alkyl halides is 3. The molecule has 2 aliphatic heterocycles. The number of piperidine rings is 1. The van der Waals surface area contributed by atoms with E-state index < -0.39 is 28.1 Å². The van der Waals surface area contributed by atoms with E-state index in [1.165, 1.54) is 24.1 Å². The molecule has 5 rings (SSSR count). The number of likely N-dealkylation sites (tertiary alicyclic amines) is 1. The SMILES string of the molecule is CCS(=O)(=O)N1CCC(c2c[nH]c3c(C(N)=O)cc(-c4csc(CN5CCCC5CC(C)C)c4)cc23)CC1.O=C(O)C(F)(F)F. The highest BCUT2D eigenvalue weighted by Gasteiger charge is 2.38. The monoisotopic (exact) mass is 670 g/mol. The molecular weight excluding hydrogens is 629 g/mol. The van der Waals surface area contributed by atoms with Crippen molar-refractivity contribution in [2.24, 2.45) is 11.7 Å². The summed E-state index contributed by atoms with van der Waals surface area (Å²) in [6.45, 7) is 9.49. The van der Waals surface area contributed by atoms with Crippen LogP contribution in [0.2, 0.25) is 0 Å². The van der Waals surface area contributed by atoms with E-state index in [2.05, 4.69) is 41.2 Å². The fourth-order valence-corrected chi connectivity index (χ4v) is 8.36. The number of fused-ring (bicyclic) bond motifs is 1. The van der Waals surface area contributed by atoms with Gasteiger partial charge in [-0.05, 0) is 97.7 Å². The van der Waals surface area contributed by atoms with Gasteiger partial charge in [0.1, 0.15) is 0 Å². The highest BCUT2D eigenvalue weighted by atomic mass is 32.2. The Morgan fingerprint density at radius 2 is 1.78 bits per heavy atom. The zero-order valence-corrected chi connectivity index (χ0v) is 27.3. The molecule has 4 heterocycles. The molecule has 2 aliphatic rings. The van der Waals surface area contributed by atoms with Crippen LogP contribution < -0.4 is 5.73 Å². The van der Waals surface area contributed by atoms with Crippen LogP contribution in [-0.2, 0) is 21.4 Å². The summed E-state index contributed by atoms with van der Waals surface area (Å²) in [5.41, 5.74) is 10.4. The van der Waals surface area contributed by atoms with Crippen molar-refractivity contribution in [1.82, 2.24) is 14.2 Å². The topological polar surface area (TPSA) is 137 Å². The molecule has 1 unspecified atom stereocenters. The van der Waals surface area contributed by atoms with Crippen LogP contribution in [0.25, 0.3) is 22.0 Å². The molecule has 0 saturated carbocycles. The molecule has 0 bridgehead atoms. The summed E-state index contributed by atoms with van der Waals surface area (Å²) in [7, 11) is -3.17. The molecule has 0 radical (unpaired) electrons. The lowest BCUT2D eigenvalue weighted by Gasteiger charge is -2.31. The van der Waals surface area contributed by atoms with Crippen molar-refractivity contribution in [1.29, 1.82) is 0 Å². The number of halogens is 3. The number of hydrogen-bond donors (Lipinski definition) is 3. The van der Waals surface area contributed by atoms with E-state index in [-0.39, 0.29) is 11.7 Å². The lowest BCUT2D eigenvalue weighted by molar-refractivity contribution is -0.192. The average Bonchev–Trinajstić information content (AvgIpc) is 3.73. The molecule has 1 aromatic carbocycles. The van der Waals surface area contributed by atoms with E-state index in [0.717, 1.165) is 53.5 Å². The van der Waals surface area contributed by atoms with Gasteiger partial charge in [0.2, 0.25) is 10.0 Å². The molecule has 4 N–H and O–H groups in total. The first-order valence-corrected chi connectivity index (χ1v) is 17.6. The summed E-state index contributed by atoms with van der Waals surface area (Å²) in [4.78, 5) is 28.6. The Kier molecular flexibility index (Phi) is 11.0. The number of nitrogens with two attached hydrogens (primary N) is 1. The lowest BCUT2D eigenvalue weighted by atomic mass is 9.88. The van der Waals surface area contributed by atoms with Gasteiger partial charge in [-0.1, -0.05) is 13.8 Å². The number of amides is 1. The average molecular weight is 671 g/mol. The smallest absolute Gasteiger partial charge is 0.475 e. The van der Waals surface area contributed by atoms with Gasteiger partial charge in [-0.15, -0.1) is 11.3 Å². The molecule has 45 heavy (non-hydrogen) atoms. The lowest BCUT2D eigenvalue weighted by Crippen LogP contribution is -2.38. The zero-order valence-electron chi connectivity index (χ0n) is 25.7. The van der Waals surface area contributed by atoms with Gasteiger partial charge in [0.05, 0.1) is 16.8 Å². The Labute approximate surface area is 265 Å². The Hall–Kier alpha value is -2.94. The summed E-state index contributed by atoms with van der Waals surface area (Å²) in [6, 6.07) is 7.01. The summed E-state index contributed by atoms with van der Waals surface area (Å²) < 4.78 is 58.0. The number of aromatic amines is 1. The van der Waals surface area contributed by atoms with Gasteiger partial charge >= 0.3 is 12.1 Å². The van der Waals surface area contributed by atoms with Crippen LogP contribution in [0.4, 0.5) is 13.2 Å². The number of aromatic nitrogens is 1. The van der Waals surface area contributed by atoms with Crippen LogP contribution >= 0.6 is 11.3 Å². The van der Waals surface area contributed by atoms with Crippen LogP contribution in [0.5, 0.6) is 0 Å². The van der Waals surface area contributed by atoms with E-state index in [4.69, 9.17) is 15.6 Å². The van der Waals surface area contributed by atoms with Crippen molar-refractivity contribution >= 4 is 44.1 Å². The predicted octanol–water partition coefficient (Wildman–Crippen LogP) is 6.17. The van der Waals surface area contributed by atoms with Gasteiger partial charge < -0.3 is 15.8 Å². The number of thiophene rings is 1. The molecular formula is C31H41F3N4O5S2. The highest BCUT2D eigenvalue weighted by Crippen LogP contribution is 2.38. The largest absolute Gasteiger partial charge is 0.490 e. The summed E-state index contributed by atoms with van der Waals surface area (Å²) in [6.07, 6.45) is 2.23. The third kappa shape index (κ3) is 8.46. The van der Waals surface area contributed by atoms with Crippen molar-refractivity contribution in [3.8, 4) is 11.1 Å². The van der Waals surface area contributed by atoms with Crippen LogP contribution in [0.3, 0.4) is 0 Å². The Balaban J connectivity index is 0.000000591. The summed E-state index contributed by atoms with van der Waals surface area (Å²) >= 11 is 1.78. The maximum atomic E-state index is 12.5. The second kappa shape index (κ2) is 14.2. The van der Waals surface area contributed by atoms with E-state index >= 15 is 0 Å². The third-order valence-corrected chi connectivity index (χ3v) is 11.4. The van der Waals surface area contributed by atoms with Crippen LogP contribution in [-0.4, -0.2) is 77.2 Å². The molecule has 3 aromatic rings. The number of aliphatic carboxylic acids is 1. The Morgan fingerprint density at radius 3 is 2.36 bits per heavy atom. The van der Waals surface area contributed by atoms with E-state index in [1.54, 1.807) is 22.6 Å². The minimum absolute atomic E-state index is 0.134. The number of sulfonamides is 1. The van der Waals surface area contributed by atoms with Crippen molar-refractivity contribution in [2.45, 2.75) is 77.6 Å². The number of carboxylic acid groups (broad SMARTS) is 1. The van der Waals surface area contributed by atoms with E-state index in [1.807, 2.05) is 12.3 Å². The molecule has 1 amide bonds. The van der Waals surface area contributed by atoms with Crippen LogP contribution in [0, 0.1) is 5.92 Å². The predicted molar refractivity (Wildman–Crippen MR) is 170 cm³/mol. The van der Waals surface area contributed by atoms with Gasteiger partial charge in [-0.3, -0.25) is 9.69 Å². The standard InChI is InChI=1S/C29H40N4O3S2.C2HF3O2/c1-4-38(35,36)33-10-7-20(8-11-33)27-16-31-28-25(27)14-21(15-26(28)29(30)34)22-13-24(37-18-22)17-32-9-5-6-23(32)12-19(2)3;3-2(4,5)1(6)7/h13-16,18-20,23,31H,4-12,17H2,1-3H3,(H2,30,34);(H,6,7). The first-order valence-electron chi connectivity index (χ1n) is 15.1. The molecule has 0 aliphatic carbocycles. The number of hydrogen-bond acceptors (Lipinski definition) is 6. The highest BCUT2D eigenvalue weighted by molar-refractivity contribution is 7.89. The quantitative estimate of drug-likeness (QED) is 0.249. The number of rotatable bonds is 9. The van der Waals surface area contributed by atoms with Crippen molar-refractivity contribution in [3.63, 3.8) is 0 Å². The maximum Gasteiger partial charge on any atom is 0.490 e. The minimum atomic E-state index is -5.08. The van der Waals surface area contributed by atoms with Gasteiger partial charge in [-0.25, -0.2) is 17.5 Å². The number of H-pyrrole nitrogens is 1. The van der Waals surface area contributed by atoms with E-state index in [9.17, 15) is 26.4 Å². The molecule has 2 aromatic heterocycles. The molecule has 14 heteroatoms. The number of carboxylic acids is 1. The Morgan fingerprint density at radius 1 is 1.11 bits per heavy atom. The van der Waals surface area contributed by atoms with Crippen molar-refractivity contribution in [2.75, 3.05) is 25.4 Å². The number of nitrogens with one attached hydrogen (secondary N) is 1. The molecule has 2 saturated heterocycles. The Bertz CT molecular complexity index is 1610. The zero-order chi connectivity index (χ0) is 33.1. The van der Waals surface area contributed by atoms with Gasteiger partial charge in [0.25, 0.3) is 5.91 Å². The second-order valence-electron chi connectivity index (χ2n) is 12.1. The van der Waals surface area contributed by atoms with Crippen molar-refractivity contribution in [3.05, 3.63) is 45.8 Å². The number of primary amides is 1. The maximum absolute atomic E-state index is 12.5. The second-order valence-corrected chi connectivity index (χ2v) is 15.4. The first kappa shape index (κ1) is 34.9. The minimum Gasteiger partial charge on any atom is -0.475 e. The number of benzene rings is 1. The molecule has 2 fully saturated rings. The number of carbonyl (C=O) groups excluding carboxylic acids is 1. The van der Waals surface area contributed by atoms with Gasteiger partial charge in [-0.2, -0.15) is 13.2 Å². The third-order valence-electron chi connectivity index (χ3n) is 8.57. The fraction of sp³-hybridized carbons (Fsp3) is 0.548. The van der Waals surface area contributed by atoms with Crippen molar-refractivity contribution < 1.29 is 36.3 Å². The molecule has 248 valence electrons. The van der Waals surface area contributed by atoms with E-state index in [0.29, 0.717) is 30.6 Å². The fourth-order valence-electron chi connectivity index (χ4n) is 6.31. The molecule has 9 nitrogen and oxygen atoms in total. The van der Waals surface area contributed by atoms with Gasteiger partial charge in [0, 0.05) is 42.1 Å². The number of nitrogens with zero attached hydrogens (tertiary/aromatic N) is 2. The molecule has 1 atom stereocenters. The molecule has 0 spiro atoms.